The van der Waals surface area contributed by atoms with Crippen molar-refractivity contribution in [3.8, 4) is 0 Å². The molecule has 1 aliphatic rings. The van der Waals surface area contributed by atoms with E-state index in [9.17, 15) is 9.59 Å². The van der Waals surface area contributed by atoms with Gasteiger partial charge in [-0.1, -0.05) is 6.07 Å². The molecular formula is C25H31N5O3. The van der Waals surface area contributed by atoms with Crippen LogP contribution in [0.2, 0.25) is 0 Å². The zero-order chi connectivity index (χ0) is 23.8. The van der Waals surface area contributed by atoms with Crippen molar-refractivity contribution in [2.75, 3.05) is 18.4 Å². The summed E-state index contributed by atoms with van der Waals surface area (Å²) in [5.74, 6) is -0.233. The highest BCUT2D eigenvalue weighted by Gasteiger charge is 2.28. The number of hydrogen-bond acceptors (Lipinski definition) is 5. The van der Waals surface area contributed by atoms with E-state index in [1.165, 1.54) is 0 Å². The summed E-state index contributed by atoms with van der Waals surface area (Å²) in [4.78, 5) is 31.0. The van der Waals surface area contributed by atoms with Crippen LogP contribution < -0.4 is 5.32 Å². The second-order valence-electron chi connectivity index (χ2n) is 9.65. The van der Waals surface area contributed by atoms with E-state index in [1.807, 2.05) is 69.8 Å². The van der Waals surface area contributed by atoms with Gasteiger partial charge in [-0.3, -0.25) is 9.48 Å². The first-order valence-corrected chi connectivity index (χ1v) is 11.3. The number of nitrogens with zero attached hydrogens (tertiary/aromatic N) is 4. The number of nitrogens with one attached hydrogen (secondary N) is 1. The fraction of sp³-hybridized carbons (Fsp3) is 0.440. The second kappa shape index (κ2) is 8.84. The molecule has 0 aliphatic carbocycles. The molecule has 3 aromatic rings. The summed E-state index contributed by atoms with van der Waals surface area (Å²) in [7, 11) is 0. The van der Waals surface area contributed by atoms with Gasteiger partial charge in [0.2, 0.25) is 0 Å². The van der Waals surface area contributed by atoms with Crippen LogP contribution in [0.15, 0.2) is 36.5 Å². The predicted octanol–water partition coefficient (Wildman–Crippen LogP) is 4.87. The van der Waals surface area contributed by atoms with E-state index in [-0.39, 0.29) is 18.0 Å². The summed E-state index contributed by atoms with van der Waals surface area (Å²) < 4.78 is 7.48. The Hall–Kier alpha value is -3.42. The number of pyridine rings is 1. The first kappa shape index (κ1) is 22.8. The normalized spacial score (nSPS) is 15.0. The molecule has 3 heterocycles. The number of anilines is 1. The van der Waals surface area contributed by atoms with E-state index in [0.717, 1.165) is 40.7 Å². The largest absolute Gasteiger partial charge is 0.444 e. The minimum Gasteiger partial charge on any atom is -0.444 e. The Morgan fingerprint density at radius 3 is 2.52 bits per heavy atom. The van der Waals surface area contributed by atoms with E-state index in [2.05, 4.69) is 10.3 Å². The van der Waals surface area contributed by atoms with Crippen molar-refractivity contribution < 1.29 is 14.3 Å². The molecule has 0 bridgehead atoms. The van der Waals surface area contributed by atoms with Gasteiger partial charge in [0.1, 0.15) is 11.3 Å². The van der Waals surface area contributed by atoms with Gasteiger partial charge < -0.3 is 15.0 Å². The third-order valence-corrected chi connectivity index (χ3v) is 5.73. The van der Waals surface area contributed by atoms with Gasteiger partial charge in [-0.2, -0.15) is 5.10 Å². The molecule has 0 radical (unpaired) electrons. The summed E-state index contributed by atoms with van der Waals surface area (Å²) in [6.07, 6.45) is 3.39. The Morgan fingerprint density at radius 2 is 1.85 bits per heavy atom. The van der Waals surface area contributed by atoms with E-state index >= 15 is 0 Å². The number of ether oxygens (including phenoxy) is 1. The number of amides is 2. The van der Waals surface area contributed by atoms with Crippen molar-refractivity contribution in [2.24, 2.45) is 0 Å². The van der Waals surface area contributed by atoms with Crippen LogP contribution in [0, 0.1) is 13.8 Å². The number of likely N-dealkylation sites (tertiary alicyclic amines) is 1. The van der Waals surface area contributed by atoms with E-state index in [1.54, 1.807) is 11.0 Å². The molecule has 1 N–H and O–H groups in total. The average Bonchev–Trinajstić information content (AvgIpc) is 3.15. The van der Waals surface area contributed by atoms with Gasteiger partial charge in [0.05, 0.1) is 11.6 Å². The maximum atomic E-state index is 12.6. The summed E-state index contributed by atoms with van der Waals surface area (Å²) in [5.41, 5.74) is 3.27. The van der Waals surface area contributed by atoms with Crippen molar-refractivity contribution in [3.63, 3.8) is 0 Å². The number of carbonyl (C=O) groups is 2. The zero-order valence-electron chi connectivity index (χ0n) is 19.9. The van der Waals surface area contributed by atoms with Crippen molar-refractivity contribution in [2.45, 2.75) is 59.1 Å². The van der Waals surface area contributed by atoms with Gasteiger partial charge in [0.25, 0.3) is 5.91 Å². The fourth-order valence-electron chi connectivity index (χ4n) is 4.01. The molecule has 174 valence electrons. The van der Waals surface area contributed by atoms with Crippen LogP contribution in [-0.4, -0.2) is 50.4 Å². The Balaban J connectivity index is 1.46. The highest BCUT2D eigenvalue weighted by Crippen LogP contribution is 2.28. The molecule has 0 spiro atoms. The van der Waals surface area contributed by atoms with Crippen molar-refractivity contribution in [1.82, 2.24) is 19.7 Å². The fourth-order valence-corrected chi connectivity index (χ4v) is 4.01. The average molecular weight is 450 g/mol. The maximum absolute atomic E-state index is 12.6. The number of benzene rings is 1. The molecule has 33 heavy (non-hydrogen) atoms. The lowest BCUT2D eigenvalue weighted by atomic mass is 10.1. The Kier molecular flexibility index (Phi) is 6.10. The van der Waals surface area contributed by atoms with E-state index in [4.69, 9.17) is 9.84 Å². The second-order valence-corrected chi connectivity index (χ2v) is 9.65. The Bertz CT molecular complexity index is 1190. The topological polar surface area (TPSA) is 89.4 Å². The molecule has 8 heteroatoms. The molecule has 0 saturated carbocycles. The molecule has 0 unspecified atom stereocenters. The monoisotopic (exact) mass is 449 g/mol. The summed E-state index contributed by atoms with van der Waals surface area (Å²) in [5, 5.41) is 8.71. The van der Waals surface area contributed by atoms with Crippen LogP contribution in [0.3, 0.4) is 0 Å². The number of aromatic nitrogens is 3. The van der Waals surface area contributed by atoms with Gasteiger partial charge in [-0.25, -0.2) is 9.78 Å². The zero-order valence-corrected chi connectivity index (χ0v) is 19.9. The molecule has 0 atom stereocenters. The number of hydrogen-bond donors (Lipinski definition) is 1. The quantitative estimate of drug-likeness (QED) is 0.616. The van der Waals surface area contributed by atoms with Crippen molar-refractivity contribution in [1.29, 1.82) is 0 Å². The standard InChI is InChI=1S/C25H31N5O3/c1-16-13-22-18(14-21(16)27-23(31)20-8-6-7-17(2)26-20)15-30(28-22)19-9-11-29(12-10-19)24(32)33-25(3,4)5/h6-8,13-15,19H,9-12H2,1-5H3,(H,27,31). The van der Waals surface area contributed by atoms with E-state index in [0.29, 0.717) is 18.8 Å². The lowest BCUT2D eigenvalue weighted by Gasteiger charge is -2.33. The van der Waals surface area contributed by atoms with Gasteiger partial charge in [-0.15, -0.1) is 0 Å². The van der Waals surface area contributed by atoms with Crippen LogP contribution >= 0.6 is 0 Å². The van der Waals surface area contributed by atoms with Crippen LogP contribution in [0.4, 0.5) is 10.5 Å². The maximum Gasteiger partial charge on any atom is 0.410 e. The lowest BCUT2D eigenvalue weighted by molar-refractivity contribution is 0.0185. The molecule has 1 saturated heterocycles. The number of fused-ring (bicyclic) bond motifs is 1. The molecule has 8 nitrogen and oxygen atoms in total. The van der Waals surface area contributed by atoms with Crippen LogP contribution in [0.1, 0.15) is 61.4 Å². The molecular weight excluding hydrogens is 418 g/mol. The molecule has 2 aromatic heterocycles. The van der Waals surface area contributed by atoms with Gasteiger partial charge in [-0.05, 0) is 77.3 Å². The van der Waals surface area contributed by atoms with Gasteiger partial charge in [0.15, 0.2) is 0 Å². The minimum atomic E-state index is -0.492. The van der Waals surface area contributed by atoms with Gasteiger partial charge in [0, 0.05) is 36.1 Å². The van der Waals surface area contributed by atoms with Crippen LogP contribution in [0.25, 0.3) is 10.9 Å². The number of piperidine rings is 1. The predicted molar refractivity (Wildman–Crippen MR) is 127 cm³/mol. The molecule has 4 rings (SSSR count). The number of rotatable bonds is 3. The third-order valence-electron chi connectivity index (χ3n) is 5.73. The van der Waals surface area contributed by atoms with E-state index < -0.39 is 5.60 Å². The minimum absolute atomic E-state index is 0.214. The highest BCUT2D eigenvalue weighted by molar-refractivity contribution is 6.04. The summed E-state index contributed by atoms with van der Waals surface area (Å²) in [6, 6.07) is 9.55. The highest BCUT2D eigenvalue weighted by atomic mass is 16.6. The first-order valence-electron chi connectivity index (χ1n) is 11.3. The third kappa shape index (κ3) is 5.32. The molecule has 2 amide bonds. The smallest absolute Gasteiger partial charge is 0.410 e. The summed E-state index contributed by atoms with van der Waals surface area (Å²) >= 11 is 0. The molecule has 1 fully saturated rings. The SMILES string of the molecule is Cc1cccc(C(=O)Nc2cc3cn(C4CCN(C(=O)OC(C)(C)C)CC4)nc3cc2C)n1. The van der Waals surface area contributed by atoms with Crippen molar-refractivity contribution in [3.05, 3.63) is 53.5 Å². The van der Waals surface area contributed by atoms with Crippen molar-refractivity contribution >= 4 is 28.6 Å². The Labute approximate surface area is 193 Å². The first-order chi connectivity index (χ1) is 15.6. The molecule has 1 aromatic carbocycles. The van der Waals surface area contributed by atoms with Crippen LogP contribution in [-0.2, 0) is 4.74 Å². The molecule has 1 aliphatic heterocycles. The number of carbonyl (C=O) groups excluding carboxylic acids is 2. The van der Waals surface area contributed by atoms with Gasteiger partial charge >= 0.3 is 6.09 Å². The lowest BCUT2D eigenvalue weighted by Crippen LogP contribution is -2.42. The van der Waals surface area contributed by atoms with Crippen LogP contribution in [0.5, 0.6) is 0 Å². The summed E-state index contributed by atoms with van der Waals surface area (Å²) in [6.45, 7) is 10.7. The number of aryl methyl sites for hydroxylation is 2. The Morgan fingerprint density at radius 1 is 1.12 bits per heavy atom.